The topological polar surface area (TPSA) is 84.4 Å². The van der Waals surface area contributed by atoms with Crippen molar-refractivity contribution < 1.29 is 14.3 Å². The molecule has 96 valence electrons. The second-order valence-electron chi connectivity index (χ2n) is 3.83. The first kappa shape index (κ1) is 12.4. The van der Waals surface area contributed by atoms with Crippen LogP contribution in [-0.4, -0.2) is 55.0 Å². The van der Waals surface area contributed by atoms with Crippen LogP contribution in [-0.2, 0) is 9.53 Å². The van der Waals surface area contributed by atoms with E-state index in [-0.39, 0.29) is 5.91 Å². The second-order valence-corrected chi connectivity index (χ2v) is 3.83. The monoisotopic (exact) mass is 250 g/mol. The minimum Gasteiger partial charge on any atom is -0.377 e. The molecule has 1 amide bonds. The van der Waals surface area contributed by atoms with Gasteiger partial charge >= 0.3 is 0 Å². The number of rotatable bonds is 3. The number of nitrogens with one attached hydrogen (secondary N) is 1. The van der Waals surface area contributed by atoms with Gasteiger partial charge in [-0.25, -0.2) is 9.97 Å². The van der Waals surface area contributed by atoms with Crippen LogP contribution in [0.15, 0.2) is 12.4 Å². The predicted octanol–water partition coefficient (Wildman–Crippen LogP) is -0.760. The molecule has 0 bridgehead atoms. The molecule has 1 aliphatic heterocycles. The molecule has 7 heteroatoms. The number of anilines is 1. The van der Waals surface area contributed by atoms with Gasteiger partial charge in [-0.1, -0.05) is 0 Å². The summed E-state index contributed by atoms with van der Waals surface area (Å²) in [7, 11) is 1.57. The predicted molar refractivity (Wildman–Crippen MR) is 63.4 cm³/mol. The van der Waals surface area contributed by atoms with Gasteiger partial charge in [0.15, 0.2) is 6.29 Å². The summed E-state index contributed by atoms with van der Waals surface area (Å²) < 4.78 is 5.29. The Morgan fingerprint density at radius 2 is 2.28 bits per heavy atom. The molecule has 1 aromatic rings. The summed E-state index contributed by atoms with van der Waals surface area (Å²) in [4.78, 5) is 32.2. The highest BCUT2D eigenvalue weighted by molar-refractivity contribution is 5.84. The largest absolute Gasteiger partial charge is 0.377 e. The highest BCUT2D eigenvalue weighted by atomic mass is 16.5. The maximum absolute atomic E-state index is 11.7. The maximum Gasteiger partial charge on any atom is 0.244 e. The lowest BCUT2D eigenvalue weighted by atomic mass is 10.2. The van der Waals surface area contributed by atoms with Gasteiger partial charge in [0.05, 0.1) is 18.8 Å². The van der Waals surface area contributed by atoms with Crippen molar-refractivity contribution in [1.29, 1.82) is 0 Å². The zero-order valence-corrected chi connectivity index (χ0v) is 10.00. The van der Waals surface area contributed by atoms with E-state index in [1.165, 1.54) is 12.4 Å². The lowest BCUT2D eigenvalue weighted by molar-refractivity contribution is -0.124. The maximum atomic E-state index is 11.7. The third kappa shape index (κ3) is 2.45. The number of morpholine rings is 1. The molecule has 0 aromatic carbocycles. The number of hydrogen-bond acceptors (Lipinski definition) is 6. The van der Waals surface area contributed by atoms with E-state index in [0.717, 1.165) is 0 Å². The van der Waals surface area contributed by atoms with Crippen LogP contribution in [0.3, 0.4) is 0 Å². The van der Waals surface area contributed by atoms with Crippen molar-refractivity contribution in [2.24, 2.45) is 0 Å². The molecule has 2 heterocycles. The summed E-state index contributed by atoms with van der Waals surface area (Å²) in [6.07, 6.45) is 3.55. The second kappa shape index (κ2) is 5.54. The first-order valence-electron chi connectivity index (χ1n) is 5.59. The number of carbonyl (C=O) groups is 2. The molecule has 18 heavy (non-hydrogen) atoms. The van der Waals surface area contributed by atoms with Crippen LogP contribution in [0.2, 0.25) is 0 Å². The van der Waals surface area contributed by atoms with E-state index in [0.29, 0.717) is 37.6 Å². The number of aldehydes is 1. The van der Waals surface area contributed by atoms with E-state index in [9.17, 15) is 9.59 Å². The standard InChI is InChI=1S/C11H14N4O3/c1-12-10(17)9-7-18-3-2-15(9)11-13-4-8(6-16)5-14-11/h4-6,9H,2-3,7H2,1H3,(H,12,17). The first-order chi connectivity index (χ1) is 8.76. The molecule has 0 aliphatic carbocycles. The number of ether oxygens (including phenoxy) is 1. The Bertz CT molecular complexity index is 434. The summed E-state index contributed by atoms with van der Waals surface area (Å²) >= 11 is 0. The fourth-order valence-electron chi connectivity index (χ4n) is 1.77. The molecule has 0 spiro atoms. The number of likely N-dealkylation sites (N-methyl/N-ethyl adjacent to an activating group) is 1. The molecular weight excluding hydrogens is 236 g/mol. The minimum absolute atomic E-state index is 0.141. The van der Waals surface area contributed by atoms with Crippen LogP contribution in [0.4, 0.5) is 5.95 Å². The summed E-state index contributed by atoms with van der Waals surface area (Å²) in [5, 5.41) is 2.58. The van der Waals surface area contributed by atoms with E-state index < -0.39 is 6.04 Å². The molecule has 1 aromatic heterocycles. The van der Waals surface area contributed by atoms with Crippen molar-refractivity contribution in [1.82, 2.24) is 15.3 Å². The van der Waals surface area contributed by atoms with Crippen LogP contribution in [0.5, 0.6) is 0 Å². The minimum atomic E-state index is -0.439. The molecule has 1 unspecified atom stereocenters. The van der Waals surface area contributed by atoms with Crippen molar-refractivity contribution in [2.45, 2.75) is 6.04 Å². The fraction of sp³-hybridized carbons (Fsp3) is 0.455. The van der Waals surface area contributed by atoms with Gasteiger partial charge in [0.1, 0.15) is 6.04 Å². The number of aromatic nitrogens is 2. The van der Waals surface area contributed by atoms with E-state index in [2.05, 4.69) is 15.3 Å². The Morgan fingerprint density at radius 1 is 1.56 bits per heavy atom. The van der Waals surface area contributed by atoms with Gasteiger partial charge in [-0.05, 0) is 0 Å². The molecular formula is C11H14N4O3. The molecule has 1 N–H and O–H groups in total. The molecule has 1 saturated heterocycles. The van der Waals surface area contributed by atoms with E-state index in [4.69, 9.17) is 4.74 Å². The van der Waals surface area contributed by atoms with Gasteiger partial charge in [-0.15, -0.1) is 0 Å². The lowest BCUT2D eigenvalue weighted by Crippen LogP contribution is -2.54. The van der Waals surface area contributed by atoms with Gasteiger partial charge in [0.25, 0.3) is 0 Å². The van der Waals surface area contributed by atoms with Crippen LogP contribution in [0.25, 0.3) is 0 Å². The van der Waals surface area contributed by atoms with Gasteiger partial charge < -0.3 is 15.0 Å². The normalized spacial score (nSPS) is 19.4. The highest BCUT2D eigenvalue weighted by Crippen LogP contribution is 2.14. The van der Waals surface area contributed by atoms with Crippen LogP contribution < -0.4 is 10.2 Å². The summed E-state index contributed by atoms with van der Waals surface area (Å²) in [6.45, 7) is 1.36. The Morgan fingerprint density at radius 3 is 2.89 bits per heavy atom. The molecule has 7 nitrogen and oxygen atoms in total. The SMILES string of the molecule is CNC(=O)C1COCCN1c1ncc(C=O)cn1. The fourth-order valence-corrected chi connectivity index (χ4v) is 1.77. The quantitative estimate of drug-likeness (QED) is 0.710. The molecule has 1 aliphatic rings. The van der Waals surface area contributed by atoms with E-state index in [1.54, 1.807) is 11.9 Å². The van der Waals surface area contributed by atoms with Crippen molar-refractivity contribution in [2.75, 3.05) is 31.7 Å². The van der Waals surface area contributed by atoms with Crippen molar-refractivity contribution in [3.05, 3.63) is 18.0 Å². The number of nitrogens with zero attached hydrogens (tertiary/aromatic N) is 3. The molecule has 0 radical (unpaired) electrons. The van der Waals surface area contributed by atoms with Crippen molar-refractivity contribution >= 4 is 18.1 Å². The van der Waals surface area contributed by atoms with E-state index in [1.807, 2.05) is 0 Å². The summed E-state index contributed by atoms with van der Waals surface area (Å²) in [5.74, 6) is 0.287. The number of hydrogen-bond donors (Lipinski definition) is 1. The Labute approximate surface area is 104 Å². The molecule has 0 saturated carbocycles. The van der Waals surface area contributed by atoms with Crippen LogP contribution in [0, 0.1) is 0 Å². The Hall–Kier alpha value is -2.02. The Kier molecular flexibility index (Phi) is 3.83. The number of amides is 1. The summed E-state index contributed by atoms with van der Waals surface area (Å²) in [5.41, 5.74) is 0.406. The zero-order valence-electron chi connectivity index (χ0n) is 10.00. The van der Waals surface area contributed by atoms with Gasteiger partial charge in [0, 0.05) is 26.0 Å². The van der Waals surface area contributed by atoms with Gasteiger partial charge in [-0.3, -0.25) is 9.59 Å². The van der Waals surface area contributed by atoms with E-state index >= 15 is 0 Å². The van der Waals surface area contributed by atoms with Crippen LogP contribution in [0.1, 0.15) is 10.4 Å². The average Bonchev–Trinajstić information content (AvgIpc) is 2.46. The van der Waals surface area contributed by atoms with Crippen LogP contribution >= 0.6 is 0 Å². The zero-order chi connectivity index (χ0) is 13.0. The Balaban J connectivity index is 2.21. The number of carbonyl (C=O) groups excluding carboxylic acids is 2. The summed E-state index contributed by atoms with van der Waals surface area (Å²) in [6, 6.07) is -0.439. The smallest absolute Gasteiger partial charge is 0.244 e. The van der Waals surface area contributed by atoms with Gasteiger partial charge in [-0.2, -0.15) is 0 Å². The molecule has 1 fully saturated rings. The first-order valence-corrected chi connectivity index (χ1v) is 5.59. The average molecular weight is 250 g/mol. The molecule has 1 atom stereocenters. The van der Waals surface area contributed by atoms with Crippen molar-refractivity contribution in [3.63, 3.8) is 0 Å². The van der Waals surface area contributed by atoms with Crippen molar-refractivity contribution in [3.8, 4) is 0 Å². The third-order valence-electron chi connectivity index (χ3n) is 2.73. The highest BCUT2D eigenvalue weighted by Gasteiger charge is 2.30. The van der Waals surface area contributed by atoms with Gasteiger partial charge in [0.2, 0.25) is 11.9 Å². The molecule has 2 rings (SSSR count). The lowest BCUT2D eigenvalue weighted by Gasteiger charge is -2.34. The third-order valence-corrected chi connectivity index (χ3v) is 2.73.